The van der Waals surface area contributed by atoms with Crippen molar-refractivity contribution in [3.8, 4) is 5.69 Å². The lowest BCUT2D eigenvalue weighted by atomic mass is 10.1. The fourth-order valence-electron chi connectivity index (χ4n) is 3.69. The second kappa shape index (κ2) is 6.54. The molecule has 0 saturated carbocycles. The predicted molar refractivity (Wildman–Crippen MR) is 94.8 cm³/mol. The number of rotatable bonds is 4. The van der Waals surface area contributed by atoms with Gasteiger partial charge < -0.3 is 10.2 Å². The maximum atomic E-state index is 6.15. The number of nitrogens with zero attached hydrogens (tertiary/aromatic N) is 3. The van der Waals surface area contributed by atoms with Crippen LogP contribution in [0.5, 0.6) is 0 Å². The van der Waals surface area contributed by atoms with Gasteiger partial charge in [-0.2, -0.15) is 5.10 Å². The summed E-state index contributed by atoms with van der Waals surface area (Å²) < 4.78 is 2.03. The van der Waals surface area contributed by atoms with E-state index >= 15 is 0 Å². The van der Waals surface area contributed by atoms with Crippen molar-refractivity contribution in [2.75, 3.05) is 31.5 Å². The number of fused-ring (bicyclic) bond motifs is 1. The van der Waals surface area contributed by atoms with Crippen LogP contribution in [0.25, 0.3) is 5.69 Å². The van der Waals surface area contributed by atoms with E-state index in [9.17, 15) is 0 Å². The van der Waals surface area contributed by atoms with Crippen LogP contribution >= 0.6 is 11.6 Å². The monoisotopic (exact) mass is 330 g/mol. The molecule has 0 atom stereocenters. The molecule has 2 aliphatic rings. The third-order valence-corrected chi connectivity index (χ3v) is 5.14. The molecule has 5 heteroatoms. The zero-order valence-corrected chi connectivity index (χ0v) is 14.1. The van der Waals surface area contributed by atoms with Gasteiger partial charge in [-0.05, 0) is 50.6 Å². The number of aromatic nitrogens is 2. The normalized spacial score (nSPS) is 18.0. The molecule has 0 unspecified atom stereocenters. The maximum Gasteiger partial charge on any atom is 0.133 e. The van der Waals surface area contributed by atoms with Crippen molar-refractivity contribution >= 4 is 17.4 Å². The minimum Gasteiger partial charge on any atom is -0.369 e. The van der Waals surface area contributed by atoms with Gasteiger partial charge in [0, 0.05) is 30.1 Å². The van der Waals surface area contributed by atoms with E-state index in [0.29, 0.717) is 0 Å². The van der Waals surface area contributed by atoms with E-state index in [2.05, 4.69) is 16.3 Å². The number of anilines is 1. The molecule has 3 heterocycles. The Balaban J connectivity index is 1.57. The standard InChI is InChI=1S/C18H23ClN4/c19-14-5-4-6-15(13-14)23-18-16(7-9-20-18)17(21-23)8-12-22-10-2-1-3-11-22/h4-6,13,20H,1-3,7-12H2. The molecule has 0 radical (unpaired) electrons. The van der Waals surface area contributed by atoms with Crippen LogP contribution in [-0.4, -0.2) is 40.9 Å². The Bertz CT molecular complexity index is 688. The quantitative estimate of drug-likeness (QED) is 0.931. The topological polar surface area (TPSA) is 33.1 Å². The van der Waals surface area contributed by atoms with E-state index in [-0.39, 0.29) is 0 Å². The lowest BCUT2D eigenvalue weighted by molar-refractivity contribution is 0.230. The van der Waals surface area contributed by atoms with Crippen LogP contribution in [0.15, 0.2) is 24.3 Å². The minimum atomic E-state index is 0.750. The summed E-state index contributed by atoms with van der Waals surface area (Å²) in [4.78, 5) is 2.58. The number of halogens is 1. The Morgan fingerprint density at radius 1 is 1.17 bits per heavy atom. The van der Waals surface area contributed by atoms with Crippen molar-refractivity contribution in [1.29, 1.82) is 0 Å². The van der Waals surface area contributed by atoms with Crippen LogP contribution < -0.4 is 5.32 Å². The predicted octanol–water partition coefficient (Wildman–Crippen LogP) is 3.52. The summed E-state index contributed by atoms with van der Waals surface area (Å²) in [6.45, 7) is 4.62. The van der Waals surface area contributed by atoms with Gasteiger partial charge in [-0.3, -0.25) is 0 Å². The van der Waals surface area contributed by atoms with Crippen LogP contribution in [0.3, 0.4) is 0 Å². The van der Waals surface area contributed by atoms with E-state index in [0.717, 1.165) is 42.5 Å². The van der Waals surface area contributed by atoms with Gasteiger partial charge in [0.25, 0.3) is 0 Å². The Hall–Kier alpha value is -1.52. The summed E-state index contributed by atoms with van der Waals surface area (Å²) in [6, 6.07) is 7.92. The molecule has 2 aliphatic heterocycles. The van der Waals surface area contributed by atoms with Crippen molar-refractivity contribution < 1.29 is 0 Å². The molecule has 1 fully saturated rings. The second-order valence-corrected chi connectivity index (χ2v) is 6.93. The highest BCUT2D eigenvalue weighted by Gasteiger charge is 2.23. The minimum absolute atomic E-state index is 0.750. The molecule has 1 saturated heterocycles. The number of piperidine rings is 1. The van der Waals surface area contributed by atoms with Gasteiger partial charge in [0.2, 0.25) is 0 Å². The number of nitrogens with one attached hydrogen (secondary N) is 1. The smallest absolute Gasteiger partial charge is 0.133 e. The number of benzene rings is 1. The molecule has 2 aromatic rings. The Morgan fingerprint density at radius 3 is 2.87 bits per heavy atom. The maximum absolute atomic E-state index is 6.15. The first-order valence-corrected chi connectivity index (χ1v) is 9.02. The van der Waals surface area contributed by atoms with E-state index < -0.39 is 0 Å². The molecular weight excluding hydrogens is 308 g/mol. The zero-order chi connectivity index (χ0) is 15.6. The first-order chi connectivity index (χ1) is 11.3. The Kier molecular flexibility index (Phi) is 4.27. The molecule has 1 aromatic carbocycles. The molecule has 4 rings (SSSR count). The molecule has 23 heavy (non-hydrogen) atoms. The van der Waals surface area contributed by atoms with Gasteiger partial charge >= 0.3 is 0 Å². The van der Waals surface area contributed by atoms with Gasteiger partial charge in [0.1, 0.15) is 5.82 Å². The summed E-state index contributed by atoms with van der Waals surface area (Å²) in [6.07, 6.45) is 6.19. The highest BCUT2D eigenvalue weighted by molar-refractivity contribution is 6.30. The van der Waals surface area contributed by atoms with E-state index in [1.54, 1.807) is 0 Å². The first-order valence-electron chi connectivity index (χ1n) is 8.64. The molecule has 0 aliphatic carbocycles. The van der Waals surface area contributed by atoms with Crippen molar-refractivity contribution in [3.05, 3.63) is 40.5 Å². The van der Waals surface area contributed by atoms with Crippen LogP contribution in [0.2, 0.25) is 5.02 Å². The summed E-state index contributed by atoms with van der Waals surface area (Å²) >= 11 is 6.15. The lowest BCUT2D eigenvalue weighted by Crippen LogP contribution is -2.31. The largest absolute Gasteiger partial charge is 0.369 e. The fraction of sp³-hybridized carbons (Fsp3) is 0.500. The third-order valence-electron chi connectivity index (χ3n) is 4.90. The average Bonchev–Trinajstić information content (AvgIpc) is 3.17. The molecule has 0 spiro atoms. The zero-order valence-electron chi connectivity index (χ0n) is 13.4. The summed E-state index contributed by atoms with van der Waals surface area (Å²) in [7, 11) is 0. The SMILES string of the molecule is Clc1cccc(-n2nc(CCN3CCCCC3)c3c2NCC3)c1. The molecular formula is C18H23ClN4. The highest BCUT2D eigenvalue weighted by atomic mass is 35.5. The molecule has 1 N–H and O–H groups in total. The lowest BCUT2D eigenvalue weighted by Gasteiger charge is -2.26. The second-order valence-electron chi connectivity index (χ2n) is 6.49. The van der Waals surface area contributed by atoms with E-state index in [1.807, 2.05) is 22.9 Å². The Morgan fingerprint density at radius 2 is 2.04 bits per heavy atom. The third kappa shape index (κ3) is 3.10. The summed E-state index contributed by atoms with van der Waals surface area (Å²) in [5, 5.41) is 9.13. The van der Waals surface area contributed by atoms with E-state index in [4.69, 9.17) is 16.7 Å². The molecule has 0 bridgehead atoms. The average molecular weight is 331 g/mol. The highest BCUT2D eigenvalue weighted by Crippen LogP contribution is 2.29. The first kappa shape index (κ1) is 15.0. The van der Waals surface area contributed by atoms with Gasteiger partial charge in [-0.1, -0.05) is 24.1 Å². The number of likely N-dealkylation sites (tertiary alicyclic amines) is 1. The van der Waals surface area contributed by atoms with Crippen molar-refractivity contribution in [2.24, 2.45) is 0 Å². The van der Waals surface area contributed by atoms with Crippen molar-refractivity contribution in [1.82, 2.24) is 14.7 Å². The van der Waals surface area contributed by atoms with Gasteiger partial charge in [0.05, 0.1) is 11.4 Å². The summed E-state index contributed by atoms with van der Waals surface area (Å²) in [5.41, 5.74) is 3.67. The van der Waals surface area contributed by atoms with Crippen LogP contribution in [-0.2, 0) is 12.8 Å². The Labute approximate surface area is 142 Å². The van der Waals surface area contributed by atoms with Crippen molar-refractivity contribution in [2.45, 2.75) is 32.1 Å². The number of hydrogen-bond donors (Lipinski definition) is 1. The summed E-state index contributed by atoms with van der Waals surface area (Å²) in [5.74, 6) is 1.15. The molecule has 122 valence electrons. The van der Waals surface area contributed by atoms with Crippen LogP contribution in [0, 0.1) is 0 Å². The molecule has 1 aromatic heterocycles. The molecule has 0 amide bonds. The molecule has 4 nitrogen and oxygen atoms in total. The van der Waals surface area contributed by atoms with Gasteiger partial charge in [-0.15, -0.1) is 0 Å². The van der Waals surface area contributed by atoms with Crippen LogP contribution in [0.1, 0.15) is 30.5 Å². The van der Waals surface area contributed by atoms with Gasteiger partial charge in [-0.25, -0.2) is 4.68 Å². The van der Waals surface area contributed by atoms with E-state index in [1.165, 1.54) is 43.6 Å². The van der Waals surface area contributed by atoms with Gasteiger partial charge in [0.15, 0.2) is 0 Å². The van der Waals surface area contributed by atoms with Crippen LogP contribution in [0.4, 0.5) is 5.82 Å². The number of hydrogen-bond acceptors (Lipinski definition) is 3. The fourth-order valence-corrected chi connectivity index (χ4v) is 3.87. The van der Waals surface area contributed by atoms with Crippen molar-refractivity contribution in [3.63, 3.8) is 0 Å².